The second-order valence-electron chi connectivity index (χ2n) is 15.4. The van der Waals surface area contributed by atoms with E-state index in [1.807, 2.05) is 26.3 Å². The number of nitrogens with one attached hydrogen (secondary N) is 3. The third-order valence-corrected chi connectivity index (χ3v) is 11.6. The highest BCUT2D eigenvalue weighted by molar-refractivity contribution is 6.12. The van der Waals surface area contributed by atoms with Gasteiger partial charge in [-0.3, -0.25) is 24.0 Å². The second kappa shape index (κ2) is 19.3. The number of imide groups is 1. The molecule has 60 heavy (non-hydrogen) atoms. The highest BCUT2D eigenvalue weighted by Gasteiger charge is 2.47. The van der Waals surface area contributed by atoms with Crippen LogP contribution < -0.4 is 15.7 Å². The Bertz CT molecular complexity index is 2190. The molecule has 0 saturated carbocycles. The molecule has 0 aliphatic heterocycles. The van der Waals surface area contributed by atoms with E-state index in [-0.39, 0.29) is 78.5 Å². The minimum absolute atomic E-state index is 0.00601. The van der Waals surface area contributed by atoms with Crippen LogP contribution in [0, 0.1) is 23.6 Å². The second-order valence-corrected chi connectivity index (χ2v) is 15.4. The molecule has 0 bridgehead atoms. The molecule has 5 rings (SSSR count). The number of hydrogen-bond donors (Lipinski definition) is 3. The van der Waals surface area contributed by atoms with Crippen molar-refractivity contribution in [2.75, 3.05) is 25.7 Å². The van der Waals surface area contributed by atoms with Crippen LogP contribution in [0.15, 0.2) is 46.9 Å². The van der Waals surface area contributed by atoms with Crippen molar-refractivity contribution in [3.05, 3.63) is 76.6 Å². The molecule has 4 aromatic rings. The van der Waals surface area contributed by atoms with E-state index in [0.29, 0.717) is 29.0 Å². The number of aromatic nitrogens is 3. The van der Waals surface area contributed by atoms with Gasteiger partial charge in [-0.1, -0.05) is 76.0 Å². The van der Waals surface area contributed by atoms with Crippen LogP contribution in [0.4, 0.5) is 28.4 Å². The molecule has 0 saturated heterocycles. The Morgan fingerprint density at radius 2 is 1.70 bits per heavy atom. The smallest absolute Gasteiger partial charge is 0.407 e. The van der Waals surface area contributed by atoms with E-state index < -0.39 is 71.2 Å². The van der Waals surface area contributed by atoms with E-state index in [2.05, 4.69) is 25.3 Å². The summed E-state index contributed by atoms with van der Waals surface area (Å²) >= 11 is 0. The molecular formula is C42H50F4N6O8. The van der Waals surface area contributed by atoms with E-state index in [4.69, 9.17) is 9.15 Å². The lowest BCUT2D eigenvalue weighted by Gasteiger charge is -2.39. The topological polar surface area (TPSA) is 186 Å². The standard InChI is InChI=1S/C42H50F4N6O8/c1-7-23(3)28(19-26(53)18-25-12-9-10-15-32(25)43)37(56)48-41(17-16-33-30(21-41)27-13-11-14-31(36(27)47-33)42(44,45)46)34(54)20-29(24(4)8-2)38-49-50-40(60-38)52(35(55)22-58-5)39(57)51-59-6/h9-15,23-24,28-29,47H,7-8,16-22H2,1-6H3,(H,48,56)(H,51,57)/t23?,24?,28-,29-,41+/m0/s1. The number of ether oxygens (including phenoxy) is 1. The average molecular weight is 843 g/mol. The van der Waals surface area contributed by atoms with Gasteiger partial charge in [-0.05, 0) is 47.9 Å². The summed E-state index contributed by atoms with van der Waals surface area (Å²) in [4.78, 5) is 76.8. The highest BCUT2D eigenvalue weighted by Crippen LogP contribution is 2.42. The summed E-state index contributed by atoms with van der Waals surface area (Å²) in [6.45, 7) is 6.81. The minimum atomic E-state index is -4.67. The Morgan fingerprint density at radius 1 is 0.983 bits per heavy atom. The molecule has 0 spiro atoms. The lowest BCUT2D eigenvalue weighted by molar-refractivity contribution is -0.137. The number of Topliss-reactive ketones (excluding diaryl/α,β-unsaturated/α-hetero) is 2. The Kier molecular flexibility index (Phi) is 14.6. The predicted octanol–water partition coefficient (Wildman–Crippen LogP) is 6.96. The molecule has 14 nitrogen and oxygen atoms in total. The maximum Gasteiger partial charge on any atom is 0.418 e. The van der Waals surface area contributed by atoms with Crippen LogP contribution in [0.5, 0.6) is 0 Å². The van der Waals surface area contributed by atoms with Crippen molar-refractivity contribution >= 4 is 46.3 Å². The Balaban J connectivity index is 1.55. The first-order valence-electron chi connectivity index (χ1n) is 19.8. The number of halogens is 4. The van der Waals surface area contributed by atoms with Gasteiger partial charge >= 0.3 is 18.2 Å². The van der Waals surface area contributed by atoms with Crippen molar-refractivity contribution < 1.29 is 55.5 Å². The van der Waals surface area contributed by atoms with Crippen molar-refractivity contribution in [2.45, 2.75) is 96.7 Å². The van der Waals surface area contributed by atoms with Crippen LogP contribution in [-0.4, -0.2) is 71.0 Å². The number of aryl methyl sites for hydroxylation is 1. The number of H-pyrrole nitrogens is 1. The number of carbonyl (C=O) groups is 5. The molecule has 2 unspecified atom stereocenters. The number of hydroxylamine groups is 1. The zero-order chi connectivity index (χ0) is 43.9. The first-order valence-corrected chi connectivity index (χ1v) is 19.8. The molecule has 1 aliphatic rings. The number of amides is 4. The molecule has 1 aliphatic carbocycles. The lowest BCUT2D eigenvalue weighted by atomic mass is 9.72. The fraction of sp³-hybridized carbons (Fsp3) is 0.500. The molecule has 2 aromatic carbocycles. The molecule has 324 valence electrons. The van der Waals surface area contributed by atoms with Gasteiger partial charge < -0.3 is 19.5 Å². The predicted molar refractivity (Wildman–Crippen MR) is 210 cm³/mol. The van der Waals surface area contributed by atoms with Crippen molar-refractivity contribution in [3.63, 3.8) is 0 Å². The largest absolute Gasteiger partial charge is 0.418 e. The van der Waals surface area contributed by atoms with Gasteiger partial charge in [0, 0.05) is 55.7 Å². The summed E-state index contributed by atoms with van der Waals surface area (Å²) in [7, 11) is 2.40. The lowest BCUT2D eigenvalue weighted by Crippen LogP contribution is -2.59. The van der Waals surface area contributed by atoms with Crippen LogP contribution in [0.25, 0.3) is 10.9 Å². The average Bonchev–Trinajstić information content (AvgIpc) is 3.83. The molecule has 2 heterocycles. The fourth-order valence-corrected chi connectivity index (χ4v) is 7.76. The number of hydrogen-bond acceptors (Lipinski definition) is 10. The van der Waals surface area contributed by atoms with Crippen molar-refractivity contribution in [1.82, 2.24) is 26.0 Å². The number of carbonyl (C=O) groups excluding carboxylic acids is 5. The SMILES string of the molecule is CCC(C)[C@H](CC(=O)Cc1ccccc1F)C(=O)N[C@]1(C(=O)C[C@H](c2nnc(N(C(=O)COC)C(=O)NOC)o2)C(C)CC)CCc2[nH]c3c(C(F)(F)F)cccc3c2C1. The number of nitrogens with zero attached hydrogens (tertiary/aromatic N) is 3. The van der Waals surface area contributed by atoms with Gasteiger partial charge in [0.05, 0.1) is 18.2 Å². The summed E-state index contributed by atoms with van der Waals surface area (Å²) in [6.07, 6.45) is -4.58. The number of methoxy groups -OCH3 is 1. The van der Waals surface area contributed by atoms with Gasteiger partial charge in [-0.15, -0.1) is 5.10 Å². The molecule has 0 fully saturated rings. The van der Waals surface area contributed by atoms with Crippen LogP contribution >= 0.6 is 0 Å². The molecular weight excluding hydrogens is 792 g/mol. The Labute approximate surface area is 344 Å². The highest BCUT2D eigenvalue weighted by atomic mass is 19.4. The maximum atomic E-state index is 15.1. The first kappa shape index (κ1) is 45.6. The van der Waals surface area contributed by atoms with E-state index in [0.717, 1.165) is 13.2 Å². The Hall–Kier alpha value is -5.49. The van der Waals surface area contributed by atoms with E-state index in [1.54, 1.807) is 13.0 Å². The summed E-state index contributed by atoms with van der Waals surface area (Å²) in [5.74, 6) is -5.42. The molecule has 4 amide bonds. The van der Waals surface area contributed by atoms with Gasteiger partial charge in [0.2, 0.25) is 11.8 Å². The van der Waals surface area contributed by atoms with Gasteiger partial charge in [-0.2, -0.15) is 18.1 Å². The zero-order valence-electron chi connectivity index (χ0n) is 34.3. The molecule has 0 radical (unpaired) electrons. The quantitative estimate of drug-likeness (QED) is 0.0699. The van der Waals surface area contributed by atoms with Crippen LogP contribution in [0.1, 0.15) is 94.0 Å². The fourth-order valence-electron chi connectivity index (χ4n) is 7.76. The number of aromatic amines is 1. The number of rotatable bonds is 18. The molecule has 5 atom stereocenters. The number of urea groups is 1. The first-order chi connectivity index (χ1) is 28.5. The summed E-state index contributed by atoms with van der Waals surface area (Å²) in [5, 5.41) is 11.3. The number of benzene rings is 2. The minimum Gasteiger partial charge on any atom is -0.407 e. The van der Waals surface area contributed by atoms with E-state index >= 15 is 4.79 Å². The number of para-hydroxylation sites is 1. The zero-order valence-corrected chi connectivity index (χ0v) is 34.3. The van der Waals surface area contributed by atoms with Crippen LogP contribution in [-0.2, 0) is 54.2 Å². The van der Waals surface area contributed by atoms with E-state index in [9.17, 15) is 36.7 Å². The molecule has 18 heteroatoms. The summed E-state index contributed by atoms with van der Waals surface area (Å²) in [6, 6.07) is 8.06. The van der Waals surface area contributed by atoms with Crippen LogP contribution in [0.2, 0.25) is 0 Å². The van der Waals surface area contributed by atoms with E-state index in [1.165, 1.54) is 37.4 Å². The normalized spacial score (nSPS) is 17.3. The number of ketones is 2. The van der Waals surface area contributed by atoms with Gasteiger partial charge in [-0.25, -0.2) is 14.7 Å². The Morgan fingerprint density at radius 3 is 2.35 bits per heavy atom. The van der Waals surface area contributed by atoms with Crippen LogP contribution in [0.3, 0.4) is 0 Å². The third-order valence-electron chi connectivity index (χ3n) is 11.6. The maximum absolute atomic E-state index is 15.1. The van der Waals surface area contributed by atoms with Gasteiger partial charge in [0.15, 0.2) is 5.78 Å². The number of anilines is 1. The third kappa shape index (κ3) is 9.92. The number of alkyl halides is 3. The number of fused-ring (bicyclic) bond motifs is 3. The molecule has 3 N–H and O–H groups in total. The van der Waals surface area contributed by atoms with Crippen molar-refractivity contribution in [3.8, 4) is 0 Å². The molecule has 2 aromatic heterocycles. The summed E-state index contributed by atoms with van der Waals surface area (Å²) < 4.78 is 67.8. The van der Waals surface area contributed by atoms with Crippen molar-refractivity contribution in [2.24, 2.45) is 17.8 Å². The monoisotopic (exact) mass is 842 g/mol. The van der Waals surface area contributed by atoms with Crippen molar-refractivity contribution in [1.29, 1.82) is 0 Å². The van der Waals surface area contributed by atoms with Gasteiger partial charge in [0.1, 0.15) is 23.7 Å². The van der Waals surface area contributed by atoms with Gasteiger partial charge in [0.25, 0.3) is 5.91 Å². The summed E-state index contributed by atoms with van der Waals surface area (Å²) in [5.41, 5.74) is 0.436.